The van der Waals surface area contributed by atoms with Gasteiger partial charge in [-0.3, -0.25) is 0 Å². The normalized spacial score (nSPS) is 10.9. The zero-order valence-corrected chi connectivity index (χ0v) is 13.6. The number of nitrogens with one attached hydrogen (secondary N) is 1. The Morgan fingerprint density at radius 3 is 2.81 bits per heavy atom. The molecule has 0 saturated heterocycles. The minimum absolute atomic E-state index is 0.423. The van der Waals surface area contributed by atoms with Crippen LogP contribution in [0.3, 0.4) is 0 Å². The molecule has 0 spiro atoms. The van der Waals surface area contributed by atoms with Crippen molar-refractivity contribution in [1.29, 1.82) is 0 Å². The van der Waals surface area contributed by atoms with E-state index < -0.39 is 0 Å². The summed E-state index contributed by atoms with van der Waals surface area (Å²) in [5, 5.41) is 5.41. The second kappa shape index (κ2) is 8.00. The molecule has 21 heavy (non-hydrogen) atoms. The molecule has 0 fully saturated rings. The number of nitrogens with zero attached hydrogens (tertiary/aromatic N) is 1. The van der Waals surface area contributed by atoms with Gasteiger partial charge in [0.1, 0.15) is 6.61 Å². The average Bonchev–Trinajstić information content (AvgIpc) is 2.97. The maximum atomic E-state index is 5.98. The first-order chi connectivity index (χ1) is 10.2. The van der Waals surface area contributed by atoms with Gasteiger partial charge in [-0.1, -0.05) is 26.0 Å². The number of hydrogen-bond acceptors (Lipinski definition) is 5. The van der Waals surface area contributed by atoms with Crippen molar-refractivity contribution in [3.8, 4) is 11.5 Å². The summed E-state index contributed by atoms with van der Waals surface area (Å²) in [6.45, 7) is 8.06. The van der Waals surface area contributed by atoms with Crippen molar-refractivity contribution >= 4 is 11.3 Å². The molecule has 0 unspecified atom stereocenters. The number of aromatic nitrogens is 1. The highest BCUT2D eigenvalue weighted by Crippen LogP contribution is 2.32. The minimum Gasteiger partial charge on any atom is -0.490 e. The van der Waals surface area contributed by atoms with Crippen LogP contribution in [0.25, 0.3) is 0 Å². The fourth-order valence-electron chi connectivity index (χ4n) is 1.90. The highest BCUT2D eigenvalue weighted by atomic mass is 32.1. The van der Waals surface area contributed by atoms with Crippen LogP contribution in [0.2, 0.25) is 0 Å². The van der Waals surface area contributed by atoms with Crippen LogP contribution in [0.1, 0.15) is 32.0 Å². The Kier molecular flexibility index (Phi) is 6.02. The Bertz CT molecular complexity index is 541. The highest BCUT2D eigenvalue weighted by molar-refractivity contribution is 7.07. The van der Waals surface area contributed by atoms with E-state index in [0.29, 0.717) is 19.3 Å². The van der Waals surface area contributed by atoms with Crippen molar-refractivity contribution in [1.82, 2.24) is 10.3 Å². The second-order valence-corrected chi connectivity index (χ2v) is 5.70. The van der Waals surface area contributed by atoms with Gasteiger partial charge in [0.25, 0.3) is 0 Å². The van der Waals surface area contributed by atoms with Gasteiger partial charge >= 0.3 is 0 Å². The van der Waals surface area contributed by atoms with Crippen LogP contribution in [0.15, 0.2) is 29.1 Å². The largest absolute Gasteiger partial charge is 0.490 e. The molecule has 0 amide bonds. The van der Waals surface area contributed by atoms with Gasteiger partial charge in [0.05, 0.1) is 17.8 Å². The van der Waals surface area contributed by atoms with Gasteiger partial charge in [-0.25, -0.2) is 4.98 Å². The molecule has 0 radical (unpaired) electrons. The van der Waals surface area contributed by atoms with E-state index in [-0.39, 0.29) is 0 Å². The van der Waals surface area contributed by atoms with E-state index in [9.17, 15) is 0 Å². The lowest BCUT2D eigenvalue weighted by Crippen LogP contribution is -2.22. The average molecular weight is 306 g/mol. The summed E-state index contributed by atoms with van der Waals surface area (Å²) < 4.78 is 11.7. The molecule has 1 N–H and O–H groups in total. The van der Waals surface area contributed by atoms with Crippen LogP contribution in [-0.2, 0) is 13.2 Å². The molecule has 1 aromatic heterocycles. The number of rotatable bonds is 8. The number of ether oxygens (including phenoxy) is 2. The predicted molar refractivity (Wildman–Crippen MR) is 86.0 cm³/mol. The van der Waals surface area contributed by atoms with Crippen LogP contribution in [0.4, 0.5) is 0 Å². The van der Waals surface area contributed by atoms with Crippen molar-refractivity contribution < 1.29 is 9.47 Å². The van der Waals surface area contributed by atoms with Crippen molar-refractivity contribution in [3.63, 3.8) is 0 Å². The maximum Gasteiger partial charge on any atom is 0.166 e. The van der Waals surface area contributed by atoms with Crippen molar-refractivity contribution in [3.05, 3.63) is 40.3 Å². The van der Waals surface area contributed by atoms with E-state index in [0.717, 1.165) is 29.3 Å². The van der Waals surface area contributed by atoms with Crippen LogP contribution in [0, 0.1) is 0 Å². The van der Waals surface area contributed by atoms with E-state index in [1.165, 1.54) is 0 Å². The van der Waals surface area contributed by atoms with Gasteiger partial charge in [-0.05, 0) is 13.0 Å². The molecule has 0 atom stereocenters. The first-order valence-corrected chi connectivity index (χ1v) is 8.13. The van der Waals surface area contributed by atoms with Gasteiger partial charge in [0.15, 0.2) is 11.5 Å². The first-order valence-electron chi connectivity index (χ1n) is 7.18. The summed E-state index contributed by atoms with van der Waals surface area (Å²) >= 11 is 1.57. The fraction of sp³-hybridized carbons (Fsp3) is 0.438. The molecule has 0 aliphatic rings. The highest BCUT2D eigenvalue weighted by Gasteiger charge is 2.12. The summed E-state index contributed by atoms with van der Waals surface area (Å²) in [6.07, 6.45) is 0. The van der Waals surface area contributed by atoms with Gasteiger partial charge < -0.3 is 14.8 Å². The smallest absolute Gasteiger partial charge is 0.166 e. The number of thiazole rings is 1. The van der Waals surface area contributed by atoms with Gasteiger partial charge in [-0.2, -0.15) is 0 Å². The van der Waals surface area contributed by atoms with Crippen molar-refractivity contribution in [2.75, 3.05) is 6.61 Å². The molecule has 5 heteroatoms. The standard InChI is InChI=1S/C16H22N2O2S/c1-4-19-15-7-5-6-13(8-17-12(2)3)16(15)20-9-14-10-21-11-18-14/h5-7,10-12,17H,4,8-9H2,1-3H3. The maximum absolute atomic E-state index is 5.98. The number of benzene rings is 1. The molecular weight excluding hydrogens is 284 g/mol. The monoisotopic (exact) mass is 306 g/mol. The Balaban J connectivity index is 2.16. The van der Waals surface area contributed by atoms with Crippen LogP contribution >= 0.6 is 11.3 Å². The Hall–Kier alpha value is -1.59. The topological polar surface area (TPSA) is 43.4 Å². The van der Waals surface area contributed by atoms with E-state index in [4.69, 9.17) is 9.47 Å². The van der Waals surface area contributed by atoms with Crippen LogP contribution in [-0.4, -0.2) is 17.6 Å². The van der Waals surface area contributed by atoms with Crippen molar-refractivity contribution in [2.45, 2.75) is 40.0 Å². The summed E-state index contributed by atoms with van der Waals surface area (Å²) in [5.74, 6) is 1.59. The molecular formula is C16H22N2O2S. The molecule has 0 aliphatic carbocycles. The summed E-state index contributed by atoms with van der Waals surface area (Å²) in [6, 6.07) is 6.43. The van der Waals surface area contributed by atoms with Gasteiger partial charge in [0, 0.05) is 23.5 Å². The van der Waals surface area contributed by atoms with Gasteiger partial charge in [-0.15, -0.1) is 11.3 Å². The molecule has 2 aromatic rings. The number of para-hydroxylation sites is 1. The van der Waals surface area contributed by atoms with E-state index >= 15 is 0 Å². The Labute approximate surface area is 130 Å². The third kappa shape index (κ3) is 4.72. The molecule has 1 heterocycles. The Morgan fingerprint density at radius 1 is 1.29 bits per heavy atom. The molecule has 1 aromatic carbocycles. The lowest BCUT2D eigenvalue weighted by atomic mass is 10.1. The molecule has 4 nitrogen and oxygen atoms in total. The van der Waals surface area contributed by atoms with Crippen LogP contribution < -0.4 is 14.8 Å². The molecule has 2 rings (SSSR count). The molecule has 0 saturated carbocycles. The lowest BCUT2D eigenvalue weighted by Gasteiger charge is -2.17. The lowest BCUT2D eigenvalue weighted by molar-refractivity contribution is 0.263. The molecule has 0 bridgehead atoms. The summed E-state index contributed by atoms with van der Waals surface area (Å²) in [5.41, 5.74) is 3.85. The third-order valence-electron chi connectivity index (χ3n) is 2.91. The molecule has 0 aliphatic heterocycles. The van der Waals surface area contributed by atoms with E-state index in [1.54, 1.807) is 11.3 Å². The van der Waals surface area contributed by atoms with Crippen LogP contribution in [0.5, 0.6) is 11.5 Å². The first kappa shape index (κ1) is 15.8. The Morgan fingerprint density at radius 2 is 2.14 bits per heavy atom. The second-order valence-electron chi connectivity index (χ2n) is 4.98. The van der Waals surface area contributed by atoms with Gasteiger partial charge in [0.2, 0.25) is 0 Å². The minimum atomic E-state index is 0.423. The number of hydrogen-bond donors (Lipinski definition) is 1. The summed E-state index contributed by atoms with van der Waals surface area (Å²) in [4.78, 5) is 4.25. The molecule has 114 valence electrons. The zero-order chi connectivity index (χ0) is 15.1. The zero-order valence-electron chi connectivity index (χ0n) is 12.8. The van der Waals surface area contributed by atoms with Crippen molar-refractivity contribution in [2.24, 2.45) is 0 Å². The summed E-state index contributed by atoms with van der Waals surface area (Å²) in [7, 11) is 0. The van der Waals surface area contributed by atoms with E-state index in [1.807, 2.05) is 29.9 Å². The third-order valence-corrected chi connectivity index (χ3v) is 3.54. The quantitative estimate of drug-likeness (QED) is 0.809. The predicted octanol–water partition coefficient (Wildman–Crippen LogP) is 3.62. The SMILES string of the molecule is CCOc1cccc(CNC(C)C)c1OCc1cscn1. The van der Waals surface area contributed by atoms with E-state index in [2.05, 4.69) is 30.2 Å². The fourth-order valence-corrected chi connectivity index (χ4v) is 2.45.